The lowest BCUT2D eigenvalue weighted by Crippen LogP contribution is -2.17. The lowest BCUT2D eigenvalue weighted by atomic mass is 9.98. The maximum Gasteiger partial charge on any atom is 0.314 e. The van der Waals surface area contributed by atoms with Gasteiger partial charge in [0.1, 0.15) is 30.0 Å². The molecule has 0 aliphatic carbocycles. The zero-order valence-electron chi connectivity index (χ0n) is 10.6. The summed E-state index contributed by atoms with van der Waals surface area (Å²) in [5.74, 6) is -2.82. The fraction of sp³-hybridized carbons (Fsp3) is 0.154. The Labute approximate surface area is 118 Å². The van der Waals surface area contributed by atoms with Crippen molar-refractivity contribution in [1.82, 2.24) is 9.97 Å². The Morgan fingerprint density at radius 2 is 2.05 bits per heavy atom. The summed E-state index contributed by atoms with van der Waals surface area (Å²) in [5, 5.41) is 19.7. The van der Waals surface area contributed by atoms with Crippen molar-refractivity contribution in [3.05, 3.63) is 64.0 Å². The van der Waals surface area contributed by atoms with E-state index in [0.717, 1.165) is 12.4 Å². The van der Waals surface area contributed by atoms with E-state index in [9.17, 15) is 24.4 Å². The summed E-state index contributed by atoms with van der Waals surface area (Å²) >= 11 is 0. The molecule has 1 aromatic heterocycles. The van der Waals surface area contributed by atoms with Crippen LogP contribution < -0.4 is 0 Å². The van der Waals surface area contributed by atoms with Gasteiger partial charge in [0.2, 0.25) is 0 Å². The number of hydrogen-bond donors (Lipinski definition) is 1. The number of aromatic nitrogens is 2. The summed E-state index contributed by atoms with van der Waals surface area (Å²) in [4.78, 5) is 28.6. The van der Waals surface area contributed by atoms with Crippen molar-refractivity contribution in [2.45, 2.75) is 12.3 Å². The average molecular weight is 291 g/mol. The fourth-order valence-corrected chi connectivity index (χ4v) is 1.79. The number of halogens is 1. The summed E-state index contributed by atoms with van der Waals surface area (Å²) in [5.41, 5.74) is 0.151. The van der Waals surface area contributed by atoms with Crippen LogP contribution in [0.3, 0.4) is 0 Å². The van der Waals surface area contributed by atoms with Crippen LogP contribution in [0.5, 0.6) is 0 Å². The molecule has 1 heterocycles. The first kappa shape index (κ1) is 14.5. The number of carboxylic acid groups (broad SMARTS) is 1. The van der Waals surface area contributed by atoms with Crippen LogP contribution in [0.15, 0.2) is 36.7 Å². The second kappa shape index (κ2) is 6.04. The normalized spacial score (nSPS) is 11.9. The summed E-state index contributed by atoms with van der Waals surface area (Å²) in [6, 6.07) is 5.54. The summed E-state index contributed by atoms with van der Waals surface area (Å²) in [6.07, 6.45) is 1.89. The van der Waals surface area contributed by atoms with Gasteiger partial charge >= 0.3 is 11.7 Å². The van der Waals surface area contributed by atoms with E-state index in [2.05, 4.69) is 9.97 Å². The predicted molar refractivity (Wildman–Crippen MR) is 69.2 cm³/mol. The molecule has 1 unspecified atom stereocenters. The summed E-state index contributed by atoms with van der Waals surface area (Å²) in [7, 11) is 0. The summed E-state index contributed by atoms with van der Waals surface area (Å²) < 4.78 is 13.1. The van der Waals surface area contributed by atoms with Gasteiger partial charge in [-0.25, -0.2) is 14.4 Å². The number of rotatable bonds is 5. The van der Waals surface area contributed by atoms with Crippen molar-refractivity contribution < 1.29 is 19.2 Å². The van der Waals surface area contributed by atoms with Crippen LogP contribution in [0.1, 0.15) is 17.3 Å². The number of carboxylic acids is 1. The monoisotopic (exact) mass is 291 g/mol. The molecule has 7 nitrogen and oxygen atoms in total. The van der Waals surface area contributed by atoms with Crippen LogP contribution in [0, 0.1) is 15.9 Å². The van der Waals surface area contributed by atoms with Gasteiger partial charge in [0, 0.05) is 0 Å². The third-order valence-electron chi connectivity index (χ3n) is 2.81. The molecule has 21 heavy (non-hydrogen) atoms. The molecule has 0 fully saturated rings. The Kier molecular flexibility index (Phi) is 4.17. The highest BCUT2D eigenvalue weighted by atomic mass is 19.1. The molecule has 8 heteroatoms. The van der Waals surface area contributed by atoms with Crippen LogP contribution in [-0.2, 0) is 11.2 Å². The van der Waals surface area contributed by atoms with Crippen LogP contribution in [0.4, 0.5) is 10.1 Å². The van der Waals surface area contributed by atoms with Crippen LogP contribution >= 0.6 is 0 Å². The second-order valence-corrected chi connectivity index (χ2v) is 4.28. The Hall–Kier alpha value is -2.90. The number of hydrogen-bond acceptors (Lipinski definition) is 5. The molecule has 1 aromatic carbocycles. The molecule has 1 N–H and O–H groups in total. The van der Waals surface area contributed by atoms with Crippen LogP contribution in [-0.4, -0.2) is 26.0 Å². The maximum absolute atomic E-state index is 13.1. The first-order valence-electron chi connectivity index (χ1n) is 5.91. The quantitative estimate of drug-likeness (QED) is 0.666. The zero-order valence-corrected chi connectivity index (χ0v) is 10.6. The molecule has 1 atom stereocenters. The average Bonchev–Trinajstić information content (AvgIpc) is 2.44. The van der Waals surface area contributed by atoms with Gasteiger partial charge in [-0.1, -0.05) is 12.1 Å². The SMILES string of the molecule is O=C(O)C(Cc1cccc(F)c1)c1ncc([N+](=O)[O-])cn1. The van der Waals surface area contributed by atoms with Gasteiger partial charge in [-0.15, -0.1) is 0 Å². The molecular weight excluding hydrogens is 281 g/mol. The molecule has 0 saturated carbocycles. The van der Waals surface area contributed by atoms with Gasteiger partial charge in [0.25, 0.3) is 0 Å². The zero-order chi connectivity index (χ0) is 15.4. The lowest BCUT2D eigenvalue weighted by Gasteiger charge is -2.10. The molecule has 0 aliphatic heterocycles. The molecular formula is C13H10FN3O4. The van der Waals surface area contributed by atoms with Gasteiger partial charge in [-0.05, 0) is 24.1 Å². The van der Waals surface area contributed by atoms with Crippen LogP contribution in [0.25, 0.3) is 0 Å². The first-order chi connectivity index (χ1) is 9.97. The van der Waals surface area contributed by atoms with Crippen molar-refractivity contribution in [1.29, 1.82) is 0 Å². The smallest absolute Gasteiger partial charge is 0.314 e. The minimum atomic E-state index is -1.19. The predicted octanol–water partition coefficient (Wildman–Crippen LogP) is 1.93. The van der Waals surface area contributed by atoms with Crippen molar-refractivity contribution >= 4 is 11.7 Å². The first-order valence-corrected chi connectivity index (χ1v) is 5.91. The minimum absolute atomic E-state index is 0.00902. The topological polar surface area (TPSA) is 106 Å². The van der Waals surface area contributed by atoms with Gasteiger partial charge in [-0.2, -0.15) is 0 Å². The van der Waals surface area contributed by atoms with E-state index < -0.39 is 22.6 Å². The molecule has 0 radical (unpaired) electrons. The van der Waals surface area contributed by atoms with E-state index in [4.69, 9.17) is 0 Å². The highest BCUT2D eigenvalue weighted by Gasteiger charge is 2.24. The van der Waals surface area contributed by atoms with Crippen LogP contribution in [0.2, 0.25) is 0 Å². The van der Waals surface area contributed by atoms with Crippen molar-refractivity contribution in [2.75, 3.05) is 0 Å². The third kappa shape index (κ3) is 3.56. The Balaban J connectivity index is 2.26. The number of nitro groups is 1. The number of aliphatic carboxylic acids is 1. The largest absolute Gasteiger partial charge is 0.481 e. The van der Waals surface area contributed by atoms with Crippen molar-refractivity contribution in [2.24, 2.45) is 0 Å². The van der Waals surface area contributed by atoms with E-state index in [1.807, 2.05) is 0 Å². The van der Waals surface area contributed by atoms with Crippen molar-refractivity contribution in [3.8, 4) is 0 Å². The van der Waals surface area contributed by atoms with Gasteiger partial charge in [0.15, 0.2) is 0 Å². The Morgan fingerprint density at radius 3 is 2.57 bits per heavy atom. The highest BCUT2D eigenvalue weighted by Crippen LogP contribution is 2.20. The Bertz CT molecular complexity index is 675. The number of benzene rings is 1. The van der Waals surface area contributed by atoms with E-state index in [1.165, 1.54) is 18.2 Å². The maximum atomic E-state index is 13.1. The fourth-order valence-electron chi connectivity index (χ4n) is 1.79. The van der Waals surface area contributed by atoms with Gasteiger partial charge < -0.3 is 5.11 Å². The molecule has 0 bridgehead atoms. The Morgan fingerprint density at radius 1 is 1.38 bits per heavy atom. The number of nitrogens with zero attached hydrogens (tertiary/aromatic N) is 3. The molecule has 0 saturated heterocycles. The van der Waals surface area contributed by atoms with E-state index in [1.54, 1.807) is 6.07 Å². The standard InChI is InChI=1S/C13H10FN3O4/c14-9-3-1-2-8(4-9)5-11(13(18)19)12-15-6-10(7-16-12)17(20)21/h1-4,6-7,11H,5H2,(H,18,19). The van der Waals surface area contributed by atoms with Gasteiger partial charge in [-0.3, -0.25) is 14.9 Å². The number of carbonyl (C=O) groups is 1. The molecule has 0 amide bonds. The molecule has 0 aliphatic rings. The third-order valence-corrected chi connectivity index (χ3v) is 2.81. The highest BCUT2D eigenvalue weighted by molar-refractivity contribution is 5.75. The van der Waals surface area contributed by atoms with E-state index in [0.29, 0.717) is 5.56 Å². The second-order valence-electron chi connectivity index (χ2n) is 4.28. The van der Waals surface area contributed by atoms with E-state index >= 15 is 0 Å². The van der Waals surface area contributed by atoms with E-state index in [-0.39, 0.29) is 17.9 Å². The molecule has 2 aromatic rings. The summed E-state index contributed by atoms with van der Waals surface area (Å²) in [6.45, 7) is 0. The van der Waals surface area contributed by atoms with Gasteiger partial charge in [0.05, 0.1) is 4.92 Å². The molecule has 2 rings (SSSR count). The molecule has 0 spiro atoms. The molecule has 108 valence electrons. The lowest BCUT2D eigenvalue weighted by molar-refractivity contribution is -0.385. The van der Waals surface area contributed by atoms with Crippen molar-refractivity contribution in [3.63, 3.8) is 0 Å². The minimum Gasteiger partial charge on any atom is -0.481 e.